The van der Waals surface area contributed by atoms with Gasteiger partial charge in [-0.2, -0.15) is 5.10 Å². The van der Waals surface area contributed by atoms with Crippen molar-refractivity contribution >= 4 is 11.6 Å². The fourth-order valence-corrected chi connectivity index (χ4v) is 2.53. The summed E-state index contributed by atoms with van der Waals surface area (Å²) in [5.41, 5.74) is -0.556. The van der Waals surface area contributed by atoms with Gasteiger partial charge in [0.1, 0.15) is 18.4 Å². The Morgan fingerprint density at radius 3 is 2.55 bits per heavy atom. The number of phenols is 1. The largest absolute Gasteiger partial charge is 0.508 e. The first-order valence-electron chi connectivity index (χ1n) is 7.23. The van der Waals surface area contributed by atoms with E-state index in [1.54, 1.807) is 23.1 Å². The minimum atomic E-state index is -0.979. The lowest BCUT2D eigenvalue weighted by molar-refractivity contribution is -0.0796. The Bertz CT molecular complexity index is 623. The highest BCUT2D eigenvalue weighted by atomic mass is 35.5. The van der Waals surface area contributed by atoms with Gasteiger partial charge in [0.2, 0.25) is 0 Å². The molecule has 0 radical (unpaired) electrons. The fraction of sp³-hybridized carbons (Fsp3) is 0.500. The van der Waals surface area contributed by atoms with E-state index in [9.17, 15) is 10.2 Å². The molecule has 2 N–H and O–H groups in total. The van der Waals surface area contributed by atoms with E-state index >= 15 is 0 Å². The predicted octanol–water partition coefficient (Wildman–Crippen LogP) is 3.05. The number of benzene rings is 1. The number of aromatic nitrogens is 3. The molecule has 1 heterocycles. The molecule has 6 heteroatoms. The standard InChI is InChI=1S/C16H22ClN3O2/c1-15(2,3)16(22,9-20-11-18-10-19-20)7-6-12-4-5-13(17)8-14(12)21/h4-5,8,10-11,21-22H,6-7,9H2,1-3H3. The van der Waals surface area contributed by atoms with E-state index in [2.05, 4.69) is 10.1 Å². The third-order valence-corrected chi connectivity index (χ3v) is 4.38. The lowest BCUT2D eigenvalue weighted by atomic mass is 9.73. The molecule has 120 valence electrons. The quantitative estimate of drug-likeness (QED) is 0.887. The SMILES string of the molecule is CC(C)(C)C(O)(CCc1ccc(Cl)cc1O)Cn1cncn1. The van der Waals surface area contributed by atoms with Crippen molar-refractivity contribution in [2.75, 3.05) is 0 Å². The minimum Gasteiger partial charge on any atom is -0.508 e. The summed E-state index contributed by atoms with van der Waals surface area (Å²) >= 11 is 5.85. The van der Waals surface area contributed by atoms with Crippen LogP contribution in [0.4, 0.5) is 0 Å². The van der Waals surface area contributed by atoms with Gasteiger partial charge in [-0.15, -0.1) is 0 Å². The molecule has 2 rings (SSSR count). The molecular formula is C16H22ClN3O2. The highest BCUT2D eigenvalue weighted by Crippen LogP contribution is 2.36. The van der Waals surface area contributed by atoms with Gasteiger partial charge in [0.15, 0.2) is 0 Å². The Morgan fingerprint density at radius 1 is 1.27 bits per heavy atom. The Morgan fingerprint density at radius 2 is 2.00 bits per heavy atom. The summed E-state index contributed by atoms with van der Waals surface area (Å²) in [5, 5.41) is 25.7. The summed E-state index contributed by atoms with van der Waals surface area (Å²) in [5.74, 6) is 0.157. The molecule has 1 aromatic carbocycles. The molecule has 0 aliphatic heterocycles. The molecule has 1 atom stereocenters. The molecule has 0 saturated carbocycles. The molecule has 1 unspecified atom stereocenters. The van der Waals surface area contributed by atoms with Crippen LogP contribution in [0.5, 0.6) is 5.75 Å². The molecule has 0 spiro atoms. The van der Waals surface area contributed by atoms with E-state index in [0.29, 0.717) is 24.4 Å². The Balaban J connectivity index is 2.16. The van der Waals surface area contributed by atoms with Crippen LogP contribution < -0.4 is 0 Å². The van der Waals surface area contributed by atoms with Gasteiger partial charge in [-0.3, -0.25) is 4.68 Å². The summed E-state index contributed by atoms with van der Waals surface area (Å²) in [6.45, 7) is 6.33. The molecule has 2 aromatic rings. The van der Waals surface area contributed by atoms with Crippen molar-refractivity contribution in [2.45, 2.75) is 45.8 Å². The fourth-order valence-electron chi connectivity index (χ4n) is 2.36. The van der Waals surface area contributed by atoms with Crippen LogP contribution >= 0.6 is 11.6 Å². The maximum atomic E-state index is 11.1. The van der Waals surface area contributed by atoms with E-state index in [4.69, 9.17) is 11.6 Å². The molecule has 0 aliphatic carbocycles. The average Bonchev–Trinajstić information content (AvgIpc) is 2.89. The van der Waals surface area contributed by atoms with Crippen molar-refractivity contribution in [2.24, 2.45) is 5.41 Å². The van der Waals surface area contributed by atoms with Gasteiger partial charge in [-0.05, 0) is 36.0 Å². The van der Waals surface area contributed by atoms with Gasteiger partial charge in [0.05, 0.1) is 12.1 Å². The molecule has 22 heavy (non-hydrogen) atoms. The predicted molar refractivity (Wildman–Crippen MR) is 85.9 cm³/mol. The topological polar surface area (TPSA) is 71.2 Å². The van der Waals surface area contributed by atoms with Crippen molar-refractivity contribution < 1.29 is 10.2 Å². The third-order valence-electron chi connectivity index (χ3n) is 4.14. The second-order valence-electron chi connectivity index (χ2n) is 6.65. The van der Waals surface area contributed by atoms with Crippen molar-refractivity contribution in [1.82, 2.24) is 14.8 Å². The molecule has 0 aliphatic rings. The van der Waals surface area contributed by atoms with Gasteiger partial charge in [0.25, 0.3) is 0 Å². The number of hydrogen-bond donors (Lipinski definition) is 2. The summed E-state index contributed by atoms with van der Waals surface area (Å²) in [7, 11) is 0. The third kappa shape index (κ3) is 3.78. The van der Waals surface area contributed by atoms with Crippen molar-refractivity contribution in [1.29, 1.82) is 0 Å². The Labute approximate surface area is 135 Å². The van der Waals surface area contributed by atoms with Gasteiger partial charge in [-0.1, -0.05) is 38.4 Å². The zero-order chi connectivity index (χ0) is 16.4. The van der Waals surface area contributed by atoms with Gasteiger partial charge in [-0.25, -0.2) is 4.98 Å². The van der Waals surface area contributed by atoms with Crippen LogP contribution in [0.15, 0.2) is 30.9 Å². The lowest BCUT2D eigenvalue weighted by Crippen LogP contribution is -2.47. The first-order valence-corrected chi connectivity index (χ1v) is 7.61. The maximum Gasteiger partial charge on any atom is 0.137 e. The van der Waals surface area contributed by atoms with Gasteiger partial charge in [0, 0.05) is 5.02 Å². The minimum absolute atomic E-state index is 0.157. The van der Waals surface area contributed by atoms with E-state index in [-0.39, 0.29) is 11.2 Å². The lowest BCUT2D eigenvalue weighted by Gasteiger charge is -2.40. The summed E-state index contributed by atoms with van der Waals surface area (Å²) < 4.78 is 1.63. The number of aryl methyl sites for hydroxylation is 1. The summed E-state index contributed by atoms with van der Waals surface area (Å²) in [6, 6.07) is 5.05. The molecule has 0 amide bonds. The number of hydrogen-bond acceptors (Lipinski definition) is 4. The Kier molecular flexibility index (Phi) is 4.78. The van der Waals surface area contributed by atoms with Gasteiger partial charge < -0.3 is 10.2 Å². The van der Waals surface area contributed by atoms with Crippen LogP contribution in [0.2, 0.25) is 5.02 Å². The van der Waals surface area contributed by atoms with E-state index < -0.39 is 5.60 Å². The van der Waals surface area contributed by atoms with Crippen LogP contribution in [0.3, 0.4) is 0 Å². The second kappa shape index (κ2) is 6.26. The highest BCUT2D eigenvalue weighted by molar-refractivity contribution is 6.30. The van der Waals surface area contributed by atoms with Crippen LogP contribution in [-0.2, 0) is 13.0 Å². The van der Waals surface area contributed by atoms with Crippen molar-refractivity contribution in [3.05, 3.63) is 41.4 Å². The van der Waals surface area contributed by atoms with Gasteiger partial charge >= 0.3 is 0 Å². The van der Waals surface area contributed by atoms with E-state index in [1.807, 2.05) is 20.8 Å². The number of aliphatic hydroxyl groups is 1. The molecule has 0 saturated heterocycles. The highest BCUT2D eigenvalue weighted by Gasteiger charge is 2.40. The maximum absolute atomic E-state index is 11.1. The van der Waals surface area contributed by atoms with E-state index in [0.717, 1.165) is 5.56 Å². The molecule has 5 nitrogen and oxygen atoms in total. The number of rotatable bonds is 5. The summed E-state index contributed by atoms with van der Waals surface area (Å²) in [4.78, 5) is 3.92. The van der Waals surface area contributed by atoms with Crippen molar-refractivity contribution in [3.63, 3.8) is 0 Å². The van der Waals surface area contributed by atoms with Crippen LogP contribution in [0, 0.1) is 5.41 Å². The van der Waals surface area contributed by atoms with Crippen LogP contribution in [0.1, 0.15) is 32.8 Å². The van der Waals surface area contributed by atoms with Crippen LogP contribution in [0.25, 0.3) is 0 Å². The zero-order valence-corrected chi connectivity index (χ0v) is 13.9. The van der Waals surface area contributed by atoms with E-state index in [1.165, 1.54) is 12.4 Å². The second-order valence-corrected chi connectivity index (χ2v) is 7.08. The monoisotopic (exact) mass is 323 g/mol. The number of phenolic OH excluding ortho intramolecular Hbond substituents is 1. The summed E-state index contributed by atoms with van der Waals surface area (Å²) in [6.07, 6.45) is 4.08. The zero-order valence-electron chi connectivity index (χ0n) is 13.1. The number of halogens is 1. The average molecular weight is 324 g/mol. The molecule has 0 fully saturated rings. The first-order chi connectivity index (χ1) is 10.2. The smallest absolute Gasteiger partial charge is 0.137 e. The molecule has 1 aromatic heterocycles. The molecular weight excluding hydrogens is 302 g/mol. The van der Waals surface area contributed by atoms with Crippen molar-refractivity contribution in [3.8, 4) is 5.75 Å². The Hall–Kier alpha value is -1.59. The molecule has 0 bridgehead atoms. The first kappa shape index (κ1) is 16.8. The van der Waals surface area contributed by atoms with Crippen LogP contribution in [-0.4, -0.2) is 30.6 Å². The normalized spacial score (nSPS) is 14.8. The number of nitrogens with zero attached hydrogens (tertiary/aromatic N) is 3. The number of aromatic hydroxyl groups is 1.